The molecular formula is C20H26O7. The Kier molecular flexibility index (Phi) is 5.29. The summed E-state index contributed by atoms with van der Waals surface area (Å²) in [5, 5.41) is 20.2. The normalized spacial score (nSPS) is 36.4. The third-order valence-corrected chi connectivity index (χ3v) is 5.66. The van der Waals surface area contributed by atoms with Gasteiger partial charge in [0.1, 0.15) is 12.2 Å². The van der Waals surface area contributed by atoms with Crippen molar-refractivity contribution in [3.05, 3.63) is 34.4 Å². The Morgan fingerprint density at radius 3 is 2.81 bits per heavy atom. The maximum Gasteiger partial charge on any atom is 0.337 e. The van der Waals surface area contributed by atoms with E-state index >= 15 is 0 Å². The van der Waals surface area contributed by atoms with Crippen LogP contribution >= 0.6 is 0 Å². The summed E-state index contributed by atoms with van der Waals surface area (Å²) in [7, 11) is 0. The molecule has 0 bridgehead atoms. The molecule has 2 aliphatic heterocycles. The predicted octanol–water partition coefficient (Wildman–Crippen LogP) is 1.34. The van der Waals surface area contributed by atoms with Crippen molar-refractivity contribution in [2.24, 2.45) is 0 Å². The van der Waals surface area contributed by atoms with Gasteiger partial charge in [0.05, 0.1) is 23.9 Å². The number of fused-ring (bicyclic) bond motifs is 3. The third kappa shape index (κ3) is 3.59. The summed E-state index contributed by atoms with van der Waals surface area (Å²) in [6.07, 6.45) is 1.55. The minimum atomic E-state index is -0.938. The maximum atomic E-state index is 12.4. The van der Waals surface area contributed by atoms with Gasteiger partial charge in [0.25, 0.3) is 0 Å². The van der Waals surface area contributed by atoms with Gasteiger partial charge < -0.3 is 24.4 Å². The first-order valence-corrected chi connectivity index (χ1v) is 9.14. The lowest BCUT2D eigenvalue weighted by molar-refractivity contribution is -0.142. The Bertz CT molecular complexity index is 747. The van der Waals surface area contributed by atoms with Crippen LogP contribution in [0.2, 0.25) is 0 Å². The highest BCUT2D eigenvalue weighted by Gasteiger charge is 2.61. The molecule has 2 heterocycles. The molecule has 148 valence electrons. The second-order valence-electron chi connectivity index (χ2n) is 7.53. The van der Waals surface area contributed by atoms with Crippen LogP contribution in [0.15, 0.2) is 34.4 Å². The van der Waals surface area contributed by atoms with Crippen LogP contribution in [0.25, 0.3) is 0 Å². The topological polar surface area (TPSA) is 106 Å². The van der Waals surface area contributed by atoms with Crippen molar-refractivity contribution in [3.63, 3.8) is 0 Å². The molecule has 27 heavy (non-hydrogen) atoms. The van der Waals surface area contributed by atoms with Crippen LogP contribution in [-0.2, 0) is 23.8 Å². The molecule has 7 nitrogen and oxygen atoms in total. The number of rotatable bonds is 3. The summed E-state index contributed by atoms with van der Waals surface area (Å²) in [5.41, 5.74) is 0.971. The van der Waals surface area contributed by atoms with Crippen LogP contribution in [0, 0.1) is 0 Å². The third-order valence-electron chi connectivity index (χ3n) is 5.66. The molecule has 1 aliphatic carbocycles. The van der Waals surface area contributed by atoms with Crippen molar-refractivity contribution < 1.29 is 34.0 Å². The molecule has 0 saturated carbocycles. The number of aliphatic hydroxyl groups is 2. The molecule has 0 aromatic carbocycles. The van der Waals surface area contributed by atoms with E-state index in [-0.39, 0.29) is 5.57 Å². The molecule has 1 saturated heterocycles. The van der Waals surface area contributed by atoms with E-state index in [1.807, 2.05) is 6.92 Å². The molecule has 0 amide bonds. The van der Waals surface area contributed by atoms with E-state index < -0.39 is 48.6 Å². The molecule has 0 radical (unpaired) electrons. The number of esters is 2. The fraction of sp³-hybridized carbons (Fsp3) is 0.600. The van der Waals surface area contributed by atoms with Crippen molar-refractivity contribution in [2.45, 2.75) is 70.6 Å². The second kappa shape index (κ2) is 7.22. The fourth-order valence-corrected chi connectivity index (χ4v) is 3.61. The standard InChI is InChI=1S/C20H26O7/c1-5-10(2)18(23)25-14-8-11(3)13(22)6-7-20(4)17(27-20)16-15(14)12(9-21)19(24)26-16/h5,8,13-14,16-17,21-22H,6-7,9H2,1-4H3. The number of hydrogen-bond acceptors (Lipinski definition) is 7. The number of aliphatic hydroxyl groups excluding tert-OH is 2. The molecule has 1 fully saturated rings. The Morgan fingerprint density at radius 2 is 2.19 bits per heavy atom. The number of allylic oxidation sites excluding steroid dienone is 1. The van der Waals surface area contributed by atoms with Gasteiger partial charge in [-0.05, 0) is 52.2 Å². The van der Waals surface area contributed by atoms with Crippen LogP contribution in [-0.4, -0.2) is 58.8 Å². The molecule has 5 atom stereocenters. The molecule has 5 unspecified atom stereocenters. The fourth-order valence-electron chi connectivity index (χ4n) is 3.61. The number of hydrogen-bond donors (Lipinski definition) is 2. The van der Waals surface area contributed by atoms with E-state index in [1.54, 1.807) is 32.9 Å². The molecule has 0 aromatic heterocycles. The van der Waals surface area contributed by atoms with Gasteiger partial charge >= 0.3 is 11.9 Å². The summed E-state index contributed by atoms with van der Waals surface area (Å²) in [6, 6.07) is 0. The van der Waals surface area contributed by atoms with Crippen LogP contribution in [0.5, 0.6) is 0 Å². The van der Waals surface area contributed by atoms with E-state index in [0.717, 1.165) is 0 Å². The number of epoxide rings is 1. The second-order valence-corrected chi connectivity index (χ2v) is 7.53. The zero-order valence-electron chi connectivity index (χ0n) is 16.0. The smallest absolute Gasteiger partial charge is 0.337 e. The molecule has 3 aliphatic rings. The number of carbonyl (C=O) groups is 2. The van der Waals surface area contributed by atoms with E-state index in [9.17, 15) is 19.8 Å². The van der Waals surface area contributed by atoms with Crippen LogP contribution in [0.3, 0.4) is 0 Å². The van der Waals surface area contributed by atoms with E-state index in [1.165, 1.54) is 0 Å². The zero-order chi connectivity index (χ0) is 19.9. The van der Waals surface area contributed by atoms with E-state index in [2.05, 4.69) is 0 Å². The lowest BCUT2D eigenvalue weighted by Crippen LogP contribution is -2.33. The van der Waals surface area contributed by atoms with E-state index in [0.29, 0.717) is 29.6 Å². The van der Waals surface area contributed by atoms with Gasteiger partial charge in [-0.1, -0.05) is 6.08 Å². The molecule has 2 N–H and O–H groups in total. The highest BCUT2D eigenvalue weighted by atomic mass is 16.6. The van der Waals surface area contributed by atoms with Crippen LogP contribution in [0.4, 0.5) is 0 Å². The summed E-state index contributed by atoms with van der Waals surface area (Å²) < 4.78 is 16.9. The largest absolute Gasteiger partial charge is 0.451 e. The van der Waals surface area contributed by atoms with Crippen molar-refractivity contribution in [2.75, 3.05) is 6.61 Å². The van der Waals surface area contributed by atoms with Crippen molar-refractivity contribution in [3.8, 4) is 0 Å². The Hall–Kier alpha value is -1.96. The number of ether oxygens (including phenoxy) is 3. The highest BCUT2D eigenvalue weighted by molar-refractivity contribution is 5.94. The lowest BCUT2D eigenvalue weighted by Gasteiger charge is -2.24. The van der Waals surface area contributed by atoms with Crippen molar-refractivity contribution in [1.82, 2.24) is 0 Å². The molecule has 0 spiro atoms. The van der Waals surface area contributed by atoms with Crippen molar-refractivity contribution in [1.29, 1.82) is 0 Å². The monoisotopic (exact) mass is 378 g/mol. The van der Waals surface area contributed by atoms with Gasteiger partial charge in [0.2, 0.25) is 0 Å². The molecule has 7 heteroatoms. The SMILES string of the molecule is CC=C(C)C(=O)OC1C=C(C)C(O)CCC2(C)OC2C2OC(=O)C(CO)=C12. The van der Waals surface area contributed by atoms with Gasteiger partial charge in [0, 0.05) is 11.1 Å². The molecule has 3 rings (SSSR count). The molecular weight excluding hydrogens is 352 g/mol. The Balaban J connectivity index is 2.08. The van der Waals surface area contributed by atoms with Gasteiger partial charge in [0.15, 0.2) is 6.10 Å². The van der Waals surface area contributed by atoms with Gasteiger partial charge in [-0.3, -0.25) is 0 Å². The first-order chi connectivity index (χ1) is 12.7. The quantitative estimate of drug-likeness (QED) is 0.330. The van der Waals surface area contributed by atoms with Crippen molar-refractivity contribution >= 4 is 11.9 Å². The van der Waals surface area contributed by atoms with Gasteiger partial charge in [-0.15, -0.1) is 0 Å². The minimum Gasteiger partial charge on any atom is -0.451 e. The van der Waals surface area contributed by atoms with Gasteiger partial charge in [-0.2, -0.15) is 0 Å². The first kappa shape index (κ1) is 19.8. The number of carbonyl (C=O) groups excluding carboxylic acids is 2. The lowest BCUT2D eigenvalue weighted by atomic mass is 9.86. The minimum absolute atomic E-state index is 0.0768. The van der Waals surface area contributed by atoms with Crippen LogP contribution < -0.4 is 0 Å². The highest BCUT2D eigenvalue weighted by Crippen LogP contribution is 2.49. The van der Waals surface area contributed by atoms with Gasteiger partial charge in [-0.25, -0.2) is 9.59 Å². The summed E-state index contributed by atoms with van der Waals surface area (Å²) in [4.78, 5) is 24.7. The average molecular weight is 378 g/mol. The average Bonchev–Trinajstić information content (AvgIpc) is 3.19. The van der Waals surface area contributed by atoms with E-state index in [4.69, 9.17) is 14.2 Å². The zero-order valence-corrected chi connectivity index (χ0v) is 16.0. The first-order valence-electron chi connectivity index (χ1n) is 9.14. The maximum absolute atomic E-state index is 12.4. The summed E-state index contributed by atoms with van der Waals surface area (Å²) >= 11 is 0. The molecule has 0 aromatic rings. The Morgan fingerprint density at radius 1 is 1.48 bits per heavy atom. The Labute approximate surface area is 158 Å². The van der Waals surface area contributed by atoms with Crippen LogP contribution in [0.1, 0.15) is 40.5 Å². The summed E-state index contributed by atoms with van der Waals surface area (Å²) in [5.74, 6) is -1.18. The summed E-state index contributed by atoms with van der Waals surface area (Å²) in [6.45, 7) is 6.47. The predicted molar refractivity (Wildman–Crippen MR) is 95.6 cm³/mol.